The number of hydrogen-bond donors (Lipinski definition) is 0. The van der Waals surface area contributed by atoms with Crippen molar-refractivity contribution in [3.63, 3.8) is 0 Å². The summed E-state index contributed by atoms with van der Waals surface area (Å²) in [6, 6.07) is 6.34. The van der Waals surface area contributed by atoms with Gasteiger partial charge < -0.3 is 14.4 Å². The molecule has 3 rings (SSSR count). The minimum absolute atomic E-state index is 0.262. The third kappa shape index (κ3) is 4.60. The summed E-state index contributed by atoms with van der Waals surface area (Å²) < 4.78 is 11.6. The van der Waals surface area contributed by atoms with E-state index >= 15 is 0 Å². The van der Waals surface area contributed by atoms with Gasteiger partial charge in [0, 0.05) is 52.6 Å². The largest absolute Gasteiger partial charge is 0.364 e. The maximum atomic E-state index is 6.16. The van der Waals surface area contributed by atoms with E-state index in [1.807, 2.05) is 18.2 Å². The van der Waals surface area contributed by atoms with Crippen LogP contribution in [-0.4, -0.2) is 67.0 Å². The number of halogens is 2. The van der Waals surface area contributed by atoms with Crippen LogP contribution in [0.1, 0.15) is 31.2 Å². The Labute approximate surface area is 177 Å². The highest BCUT2D eigenvalue weighted by Crippen LogP contribution is 2.40. The van der Waals surface area contributed by atoms with Crippen molar-refractivity contribution in [1.29, 1.82) is 0 Å². The van der Waals surface area contributed by atoms with Gasteiger partial charge in [-0.3, -0.25) is 4.90 Å². The summed E-state index contributed by atoms with van der Waals surface area (Å²) in [6.07, 6.45) is 4.85. The van der Waals surface area contributed by atoms with Crippen LogP contribution in [0.2, 0.25) is 10.0 Å². The van der Waals surface area contributed by atoms with E-state index in [4.69, 9.17) is 44.9 Å². The van der Waals surface area contributed by atoms with E-state index < -0.39 is 5.79 Å². The number of likely N-dealkylation sites (tertiary alicyclic amines) is 1. The summed E-state index contributed by atoms with van der Waals surface area (Å²) >= 11 is 18.0. The van der Waals surface area contributed by atoms with Crippen molar-refractivity contribution in [1.82, 2.24) is 9.80 Å². The fourth-order valence-electron chi connectivity index (χ4n) is 4.38. The Bertz CT molecular complexity index is 678. The summed E-state index contributed by atoms with van der Waals surface area (Å²) in [7, 11) is 5.57. The second kappa shape index (κ2) is 8.93. The van der Waals surface area contributed by atoms with E-state index in [0.29, 0.717) is 22.5 Å². The van der Waals surface area contributed by atoms with Gasteiger partial charge in [0.15, 0.2) is 5.79 Å². The van der Waals surface area contributed by atoms with Gasteiger partial charge in [0.2, 0.25) is 0 Å². The SMILES string of the molecule is COC1(OC)CC(N2CCCC2)C(N(C)C(=S)Cc2ccc(Cl)c(Cl)c2)C1. The Morgan fingerprint density at radius 2 is 1.85 bits per heavy atom. The predicted molar refractivity (Wildman–Crippen MR) is 115 cm³/mol. The molecule has 2 unspecified atom stereocenters. The molecular formula is C20H28Cl2N2O2S. The molecule has 0 bridgehead atoms. The monoisotopic (exact) mass is 430 g/mol. The van der Waals surface area contributed by atoms with Gasteiger partial charge in [0.25, 0.3) is 0 Å². The standard InChI is InChI=1S/C20H28Cl2N2O2S/c1-23(19(27)11-14-6-7-15(21)16(22)10-14)17-12-20(25-2,26-3)13-18(17)24-8-4-5-9-24/h6-7,10,17-18H,4-5,8-9,11-13H2,1-3H3. The molecule has 0 amide bonds. The Morgan fingerprint density at radius 1 is 1.19 bits per heavy atom. The first kappa shape index (κ1) is 21.3. The molecule has 1 saturated carbocycles. The molecule has 150 valence electrons. The number of benzene rings is 1. The molecule has 0 aromatic heterocycles. The van der Waals surface area contributed by atoms with Crippen LogP contribution in [0.25, 0.3) is 0 Å². The highest BCUT2D eigenvalue weighted by Gasteiger charge is 2.50. The zero-order valence-electron chi connectivity index (χ0n) is 16.2. The van der Waals surface area contributed by atoms with Gasteiger partial charge in [-0.1, -0.05) is 41.5 Å². The molecule has 1 aliphatic heterocycles. The van der Waals surface area contributed by atoms with E-state index in [9.17, 15) is 0 Å². The number of ether oxygens (including phenoxy) is 2. The highest BCUT2D eigenvalue weighted by atomic mass is 35.5. The number of methoxy groups -OCH3 is 2. The molecule has 1 aliphatic carbocycles. The third-order valence-electron chi connectivity index (χ3n) is 6.07. The average Bonchev–Trinajstić information content (AvgIpc) is 3.32. The normalized spacial score (nSPS) is 25.1. The van der Waals surface area contributed by atoms with Crippen molar-refractivity contribution in [3.8, 4) is 0 Å². The van der Waals surface area contributed by atoms with E-state index in [-0.39, 0.29) is 6.04 Å². The van der Waals surface area contributed by atoms with E-state index in [2.05, 4.69) is 16.8 Å². The first-order chi connectivity index (χ1) is 12.9. The van der Waals surface area contributed by atoms with Gasteiger partial charge in [-0.05, 0) is 43.6 Å². The number of nitrogens with zero attached hydrogens (tertiary/aromatic N) is 2. The molecule has 27 heavy (non-hydrogen) atoms. The van der Waals surface area contributed by atoms with Gasteiger partial charge in [0.1, 0.15) is 0 Å². The molecule has 0 radical (unpaired) electrons. The van der Waals surface area contributed by atoms with Gasteiger partial charge in [0.05, 0.1) is 15.0 Å². The van der Waals surface area contributed by atoms with Gasteiger partial charge >= 0.3 is 0 Å². The lowest BCUT2D eigenvalue weighted by atomic mass is 10.1. The second-order valence-corrected chi connectivity index (χ2v) is 8.82. The van der Waals surface area contributed by atoms with Crippen LogP contribution in [0.5, 0.6) is 0 Å². The smallest absolute Gasteiger partial charge is 0.171 e. The maximum Gasteiger partial charge on any atom is 0.171 e. The summed E-state index contributed by atoms with van der Waals surface area (Å²) in [4.78, 5) is 5.70. The van der Waals surface area contributed by atoms with Crippen LogP contribution in [0.15, 0.2) is 18.2 Å². The summed E-state index contributed by atoms with van der Waals surface area (Å²) in [5.74, 6) is -0.536. The molecule has 7 heteroatoms. The zero-order chi connectivity index (χ0) is 19.6. The second-order valence-electron chi connectivity index (χ2n) is 7.53. The van der Waals surface area contributed by atoms with Crippen molar-refractivity contribution >= 4 is 40.4 Å². The van der Waals surface area contributed by atoms with Crippen LogP contribution in [-0.2, 0) is 15.9 Å². The van der Waals surface area contributed by atoms with E-state index in [0.717, 1.165) is 36.5 Å². The summed E-state index contributed by atoms with van der Waals surface area (Å²) in [5.41, 5.74) is 1.07. The number of hydrogen-bond acceptors (Lipinski definition) is 4. The molecule has 2 aliphatic rings. The number of rotatable bonds is 6. The van der Waals surface area contributed by atoms with Gasteiger partial charge in [-0.15, -0.1) is 0 Å². The molecule has 4 nitrogen and oxygen atoms in total. The molecule has 0 N–H and O–H groups in total. The van der Waals surface area contributed by atoms with E-state index in [1.165, 1.54) is 12.8 Å². The van der Waals surface area contributed by atoms with Gasteiger partial charge in [-0.2, -0.15) is 0 Å². The van der Waals surface area contributed by atoms with Crippen LogP contribution in [0.4, 0.5) is 0 Å². The predicted octanol–water partition coefficient (Wildman–Crippen LogP) is 4.41. The van der Waals surface area contributed by atoms with Crippen LogP contribution in [0, 0.1) is 0 Å². The quantitative estimate of drug-likeness (QED) is 0.491. The van der Waals surface area contributed by atoms with Crippen molar-refractivity contribution in [2.24, 2.45) is 0 Å². The minimum Gasteiger partial charge on any atom is -0.364 e. The Hall–Kier alpha value is -0.430. The molecular weight excluding hydrogens is 403 g/mol. The zero-order valence-corrected chi connectivity index (χ0v) is 18.5. The summed E-state index contributed by atoms with van der Waals surface area (Å²) in [5, 5.41) is 1.13. The molecule has 0 spiro atoms. The lowest BCUT2D eigenvalue weighted by molar-refractivity contribution is -0.204. The van der Waals surface area contributed by atoms with Crippen molar-refractivity contribution in [2.75, 3.05) is 34.4 Å². The molecule has 2 fully saturated rings. The van der Waals surface area contributed by atoms with E-state index in [1.54, 1.807) is 14.2 Å². The first-order valence-corrected chi connectivity index (χ1v) is 10.6. The third-order valence-corrected chi connectivity index (χ3v) is 7.24. The maximum absolute atomic E-state index is 6.16. The summed E-state index contributed by atoms with van der Waals surface area (Å²) in [6.45, 7) is 2.27. The first-order valence-electron chi connectivity index (χ1n) is 9.43. The lowest BCUT2D eigenvalue weighted by Crippen LogP contribution is -2.48. The minimum atomic E-state index is -0.536. The molecule has 2 atom stereocenters. The van der Waals surface area contributed by atoms with Crippen molar-refractivity contribution < 1.29 is 9.47 Å². The number of thiocarbonyl (C=S) groups is 1. The number of likely N-dealkylation sites (N-methyl/N-ethyl adjacent to an activating group) is 1. The lowest BCUT2D eigenvalue weighted by Gasteiger charge is -2.36. The average molecular weight is 431 g/mol. The van der Waals surface area contributed by atoms with Gasteiger partial charge in [-0.25, -0.2) is 0 Å². The molecule has 1 saturated heterocycles. The van der Waals surface area contributed by atoms with Crippen LogP contribution in [0.3, 0.4) is 0 Å². The topological polar surface area (TPSA) is 24.9 Å². The Morgan fingerprint density at radius 3 is 2.44 bits per heavy atom. The fourth-order valence-corrected chi connectivity index (χ4v) is 5.01. The highest BCUT2D eigenvalue weighted by molar-refractivity contribution is 7.80. The fraction of sp³-hybridized carbons (Fsp3) is 0.650. The molecule has 1 heterocycles. The van der Waals surface area contributed by atoms with Crippen LogP contribution < -0.4 is 0 Å². The molecule has 1 aromatic carbocycles. The Kier molecular flexibility index (Phi) is 7.04. The van der Waals surface area contributed by atoms with Crippen molar-refractivity contribution in [2.45, 2.75) is 50.0 Å². The Balaban J connectivity index is 1.75. The molecule has 1 aromatic rings. The van der Waals surface area contributed by atoms with Crippen molar-refractivity contribution in [3.05, 3.63) is 33.8 Å². The van der Waals surface area contributed by atoms with Crippen LogP contribution >= 0.6 is 35.4 Å².